The molecule has 0 N–H and O–H groups in total. The summed E-state index contributed by atoms with van der Waals surface area (Å²) in [5.74, 6) is 0. The molecule has 0 saturated heterocycles. The van der Waals surface area contributed by atoms with Crippen molar-refractivity contribution in [2.45, 2.75) is 13.3 Å². The second-order valence-corrected chi connectivity index (χ2v) is 4.75. The Hall–Kier alpha value is -0.480. The molecule has 0 amide bonds. The van der Waals surface area contributed by atoms with Gasteiger partial charge in [0, 0.05) is 14.7 Å². The van der Waals surface area contributed by atoms with Crippen LogP contribution < -0.4 is 0 Å². The summed E-state index contributed by atoms with van der Waals surface area (Å²) in [6.45, 7) is 1.71. The first-order valence-electron chi connectivity index (χ1n) is 4.05. The van der Waals surface area contributed by atoms with E-state index in [-0.39, 0.29) is 5.56 Å². The Morgan fingerprint density at radius 2 is 2.14 bits per heavy atom. The predicted octanol–water partition coefficient (Wildman–Crippen LogP) is 4.91. The van der Waals surface area contributed by atoms with Gasteiger partial charge in [-0.3, -0.25) is 0 Å². The molecule has 1 aromatic carbocycles. The Bertz CT molecular complexity index is 476. The van der Waals surface area contributed by atoms with Crippen LogP contribution in [0.4, 0.5) is 8.78 Å². The molecule has 0 aliphatic heterocycles. The Kier molecular flexibility index (Phi) is 2.58. The smallest absolute Gasteiger partial charge is 0.205 e. The summed E-state index contributed by atoms with van der Waals surface area (Å²) in [4.78, 5) is 0. The molecule has 0 spiro atoms. The second-order valence-electron chi connectivity index (χ2n) is 3.04. The zero-order valence-electron chi connectivity index (χ0n) is 7.35. The molecule has 0 atom stereocenters. The third kappa shape index (κ3) is 1.46. The van der Waals surface area contributed by atoms with E-state index in [2.05, 4.69) is 15.9 Å². The van der Waals surface area contributed by atoms with E-state index in [0.717, 1.165) is 14.6 Å². The van der Waals surface area contributed by atoms with E-state index in [1.54, 1.807) is 24.3 Å². The molecule has 0 unspecified atom stereocenters. The number of alkyl halides is 2. The fourth-order valence-electron chi connectivity index (χ4n) is 1.41. The van der Waals surface area contributed by atoms with Crippen LogP contribution in [0.15, 0.2) is 22.0 Å². The Morgan fingerprint density at radius 3 is 2.79 bits per heavy atom. The van der Waals surface area contributed by atoms with Crippen LogP contribution in [0, 0.1) is 6.92 Å². The number of thiophene rings is 1. The minimum Gasteiger partial charge on any atom is -0.205 e. The predicted molar refractivity (Wildman–Crippen MR) is 59.2 cm³/mol. The molecule has 1 heterocycles. The normalized spacial score (nSPS) is 11.5. The van der Waals surface area contributed by atoms with E-state index in [0.29, 0.717) is 5.56 Å². The molecule has 14 heavy (non-hydrogen) atoms. The van der Waals surface area contributed by atoms with Crippen LogP contribution in [0.1, 0.15) is 17.6 Å². The van der Waals surface area contributed by atoms with Crippen LogP contribution in [0.3, 0.4) is 0 Å². The Morgan fingerprint density at radius 1 is 1.43 bits per heavy atom. The first-order valence-corrected chi connectivity index (χ1v) is 5.73. The topological polar surface area (TPSA) is 0 Å². The lowest BCUT2D eigenvalue weighted by molar-refractivity contribution is 0.150. The molecule has 0 bridgehead atoms. The van der Waals surface area contributed by atoms with Crippen molar-refractivity contribution in [2.75, 3.05) is 0 Å². The standard InChI is InChI=1S/C10H7BrF2S/c1-5-7(10(12)13)4-6-2-3-14-9(6)8(5)11/h2-4,10H,1H3. The molecular weight excluding hydrogens is 270 g/mol. The number of hydrogen-bond donors (Lipinski definition) is 0. The van der Waals surface area contributed by atoms with Crippen molar-refractivity contribution >= 4 is 37.4 Å². The maximum absolute atomic E-state index is 12.6. The third-order valence-corrected chi connectivity index (χ3v) is 4.40. The van der Waals surface area contributed by atoms with Crippen molar-refractivity contribution in [1.82, 2.24) is 0 Å². The maximum Gasteiger partial charge on any atom is 0.264 e. The molecule has 4 heteroatoms. The van der Waals surface area contributed by atoms with E-state index in [9.17, 15) is 8.78 Å². The highest BCUT2D eigenvalue weighted by atomic mass is 79.9. The maximum atomic E-state index is 12.6. The van der Waals surface area contributed by atoms with Crippen molar-refractivity contribution in [2.24, 2.45) is 0 Å². The van der Waals surface area contributed by atoms with Crippen LogP contribution >= 0.6 is 27.3 Å². The monoisotopic (exact) mass is 276 g/mol. The average molecular weight is 277 g/mol. The van der Waals surface area contributed by atoms with Crippen molar-refractivity contribution in [3.63, 3.8) is 0 Å². The van der Waals surface area contributed by atoms with Crippen LogP contribution in [-0.4, -0.2) is 0 Å². The fourth-order valence-corrected chi connectivity index (χ4v) is 3.02. The molecule has 2 rings (SSSR count). The average Bonchev–Trinajstić information content (AvgIpc) is 2.58. The van der Waals surface area contributed by atoms with E-state index < -0.39 is 6.43 Å². The van der Waals surface area contributed by atoms with Crippen molar-refractivity contribution in [1.29, 1.82) is 0 Å². The largest absolute Gasteiger partial charge is 0.264 e. The number of benzene rings is 1. The summed E-state index contributed by atoms with van der Waals surface area (Å²) in [5.41, 5.74) is 0.748. The fraction of sp³-hybridized carbons (Fsp3) is 0.200. The van der Waals surface area contributed by atoms with Gasteiger partial charge in [0.2, 0.25) is 0 Å². The molecule has 0 nitrogen and oxygen atoms in total. The highest BCUT2D eigenvalue weighted by Gasteiger charge is 2.15. The summed E-state index contributed by atoms with van der Waals surface area (Å²) >= 11 is 4.91. The van der Waals surface area contributed by atoms with Gasteiger partial charge in [0.05, 0.1) is 0 Å². The molecule has 0 saturated carbocycles. The molecule has 1 aromatic heterocycles. The number of rotatable bonds is 1. The zero-order chi connectivity index (χ0) is 10.3. The molecule has 0 aliphatic carbocycles. The molecule has 0 aliphatic rings. The quantitative estimate of drug-likeness (QED) is 0.694. The lowest BCUT2D eigenvalue weighted by atomic mass is 10.1. The van der Waals surface area contributed by atoms with Crippen LogP contribution in [0.2, 0.25) is 0 Å². The summed E-state index contributed by atoms with van der Waals surface area (Å²) in [7, 11) is 0. The van der Waals surface area contributed by atoms with E-state index in [1.807, 2.05) is 11.4 Å². The molecule has 0 radical (unpaired) electrons. The van der Waals surface area contributed by atoms with E-state index in [1.165, 1.54) is 0 Å². The van der Waals surface area contributed by atoms with Gasteiger partial charge in [-0.2, -0.15) is 0 Å². The summed E-state index contributed by atoms with van der Waals surface area (Å²) in [5, 5.41) is 2.78. The zero-order valence-corrected chi connectivity index (χ0v) is 9.75. The minimum atomic E-state index is -2.41. The molecule has 0 fully saturated rings. The van der Waals surface area contributed by atoms with E-state index >= 15 is 0 Å². The molecule has 2 aromatic rings. The van der Waals surface area contributed by atoms with Gasteiger partial charge in [0.25, 0.3) is 6.43 Å². The highest BCUT2D eigenvalue weighted by Crippen LogP contribution is 2.37. The van der Waals surface area contributed by atoms with Gasteiger partial charge < -0.3 is 0 Å². The van der Waals surface area contributed by atoms with Gasteiger partial charge in [-0.15, -0.1) is 11.3 Å². The SMILES string of the molecule is Cc1c(C(F)F)cc2ccsc2c1Br. The lowest BCUT2D eigenvalue weighted by Gasteiger charge is -2.07. The lowest BCUT2D eigenvalue weighted by Crippen LogP contribution is -1.90. The third-order valence-electron chi connectivity index (χ3n) is 2.20. The first kappa shape index (κ1) is 10.1. The van der Waals surface area contributed by atoms with Gasteiger partial charge >= 0.3 is 0 Å². The van der Waals surface area contributed by atoms with E-state index in [4.69, 9.17) is 0 Å². The highest BCUT2D eigenvalue weighted by molar-refractivity contribution is 9.10. The molecular formula is C10H7BrF2S. The Balaban J connectivity index is 2.80. The minimum absolute atomic E-state index is 0.114. The van der Waals surface area contributed by atoms with Gasteiger partial charge in [0.1, 0.15) is 0 Å². The van der Waals surface area contributed by atoms with Crippen LogP contribution in [0.25, 0.3) is 10.1 Å². The summed E-state index contributed by atoms with van der Waals surface area (Å²) in [6.07, 6.45) is -2.41. The molecule has 74 valence electrons. The first-order chi connectivity index (χ1) is 6.61. The second kappa shape index (κ2) is 3.59. The van der Waals surface area contributed by atoms with Gasteiger partial charge in [-0.05, 0) is 51.3 Å². The van der Waals surface area contributed by atoms with Crippen LogP contribution in [-0.2, 0) is 0 Å². The Labute approximate surface area is 92.7 Å². The van der Waals surface area contributed by atoms with Crippen molar-refractivity contribution < 1.29 is 8.78 Å². The summed E-state index contributed by atoms with van der Waals surface area (Å²) in [6, 6.07) is 3.42. The number of fused-ring (bicyclic) bond motifs is 1. The summed E-state index contributed by atoms with van der Waals surface area (Å²) < 4.78 is 27.1. The van der Waals surface area contributed by atoms with Crippen molar-refractivity contribution in [3.8, 4) is 0 Å². The number of hydrogen-bond acceptors (Lipinski definition) is 1. The van der Waals surface area contributed by atoms with Gasteiger partial charge in [0.15, 0.2) is 0 Å². The van der Waals surface area contributed by atoms with Crippen LogP contribution in [0.5, 0.6) is 0 Å². The van der Waals surface area contributed by atoms with Gasteiger partial charge in [-0.25, -0.2) is 8.78 Å². The van der Waals surface area contributed by atoms with Crippen molar-refractivity contribution in [3.05, 3.63) is 33.1 Å². The van der Waals surface area contributed by atoms with Gasteiger partial charge in [-0.1, -0.05) is 0 Å². The number of halogens is 3.